The molecule has 2 N–H and O–H groups in total. The number of carbonyl (C=O) groups excluding carboxylic acids is 2. The molecule has 0 radical (unpaired) electrons. The number of nitrogens with zero attached hydrogens (tertiary/aromatic N) is 2. The van der Waals surface area contributed by atoms with E-state index < -0.39 is 6.04 Å². The van der Waals surface area contributed by atoms with Crippen LogP contribution in [-0.4, -0.2) is 39.8 Å². The number of piperidine rings is 1. The lowest BCUT2D eigenvalue weighted by atomic mass is 10.0. The molecule has 2 amide bonds. The number of rotatable bonds is 2. The van der Waals surface area contributed by atoms with Gasteiger partial charge >= 0.3 is 0 Å². The Morgan fingerprint density at radius 3 is 2.94 bits per heavy atom. The highest BCUT2D eigenvalue weighted by Crippen LogP contribution is 2.17. The van der Waals surface area contributed by atoms with E-state index in [4.69, 9.17) is 0 Å². The number of halogens is 1. The number of imide groups is 1. The Morgan fingerprint density at radius 2 is 2.22 bits per heavy atom. The van der Waals surface area contributed by atoms with Crippen LogP contribution in [0.25, 0.3) is 0 Å². The van der Waals surface area contributed by atoms with Crippen molar-refractivity contribution in [3.8, 4) is 0 Å². The first-order valence-corrected chi connectivity index (χ1v) is 6.38. The second-order valence-electron chi connectivity index (χ2n) is 3.92. The van der Waals surface area contributed by atoms with Crippen molar-refractivity contribution >= 4 is 40.2 Å². The summed E-state index contributed by atoms with van der Waals surface area (Å²) < 4.78 is 0.391. The van der Waals surface area contributed by atoms with E-state index in [1.54, 1.807) is 0 Å². The van der Waals surface area contributed by atoms with Crippen LogP contribution in [-0.2, 0) is 9.59 Å². The highest BCUT2D eigenvalue weighted by molar-refractivity contribution is 14.1. The van der Waals surface area contributed by atoms with Gasteiger partial charge in [0, 0.05) is 13.5 Å². The standard InChI is InChI=1S/C10H11IN4O3/c1-15-6(16)3-2-5(10(15)18)14-8-7(11)9(17)13-4-12-8/h4-5H,2-3H2,1H3,(H2,12,13,14,17). The number of aromatic amines is 1. The van der Waals surface area contributed by atoms with Crippen LogP contribution in [0.2, 0.25) is 0 Å². The second kappa shape index (κ2) is 5.04. The maximum atomic E-state index is 11.9. The first-order chi connectivity index (χ1) is 8.50. The van der Waals surface area contributed by atoms with E-state index >= 15 is 0 Å². The molecule has 1 atom stereocenters. The number of hydrogen-bond acceptors (Lipinski definition) is 5. The van der Waals surface area contributed by atoms with Gasteiger partial charge in [-0.25, -0.2) is 4.98 Å². The van der Waals surface area contributed by atoms with Gasteiger partial charge in [-0.1, -0.05) is 0 Å². The largest absolute Gasteiger partial charge is 0.357 e. The predicted octanol–water partition coefficient (Wildman–Crippen LogP) is -0.0662. The fourth-order valence-corrected chi connectivity index (χ4v) is 2.15. The summed E-state index contributed by atoms with van der Waals surface area (Å²) in [6.45, 7) is 0. The van der Waals surface area contributed by atoms with Gasteiger partial charge in [0.1, 0.15) is 15.4 Å². The van der Waals surface area contributed by atoms with Gasteiger partial charge < -0.3 is 10.3 Å². The van der Waals surface area contributed by atoms with Crippen molar-refractivity contribution in [2.45, 2.75) is 18.9 Å². The van der Waals surface area contributed by atoms with Gasteiger partial charge in [-0.15, -0.1) is 0 Å². The molecule has 2 heterocycles. The zero-order valence-corrected chi connectivity index (χ0v) is 11.7. The third kappa shape index (κ3) is 2.37. The van der Waals surface area contributed by atoms with Crippen molar-refractivity contribution in [2.75, 3.05) is 12.4 Å². The van der Waals surface area contributed by atoms with Crippen LogP contribution in [0, 0.1) is 3.57 Å². The van der Waals surface area contributed by atoms with Gasteiger partial charge in [-0.05, 0) is 29.0 Å². The van der Waals surface area contributed by atoms with E-state index in [0.29, 0.717) is 22.2 Å². The molecular weight excluding hydrogens is 351 g/mol. The van der Waals surface area contributed by atoms with E-state index in [-0.39, 0.29) is 17.4 Å². The molecule has 0 bridgehead atoms. The molecule has 7 nitrogen and oxygen atoms in total. The number of carbonyl (C=O) groups is 2. The van der Waals surface area contributed by atoms with Gasteiger partial charge in [0.2, 0.25) is 5.91 Å². The molecule has 1 aromatic rings. The zero-order valence-electron chi connectivity index (χ0n) is 9.57. The molecule has 8 heteroatoms. The number of anilines is 1. The van der Waals surface area contributed by atoms with Crippen LogP contribution >= 0.6 is 22.6 Å². The van der Waals surface area contributed by atoms with Crippen LogP contribution < -0.4 is 10.9 Å². The molecule has 1 aromatic heterocycles. The number of amides is 2. The summed E-state index contributed by atoms with van der Waals surface area (Å²) in [5.41, 5.74) is -0.263. The van der Waals surface area contributed by atoms with Crippen molar-refractivity contribution < 1.29 is 9.59 Å². The molecule has 2 rings (SSSR count). The molecule has 0 aromatic carbocycles. The Labute approximate surface area is 116 Å². The summed E-state index contributed by atoms with van der Waals surface area (Å²) >= 11 is 1.86. The minimum absolute atomic E-state index is 0.188. The smallest absolute Gasteiger partial charge is 0.266 e. The first kappa shape index (κ1) is 13.0. The number of aromatic nitrogens is 2. The molecule has 96 valence electrons. The number of nitrogens with one attached hydrogen (secondary N) is 2. The van der Waals surface area contributed by atoms with Crippen molar-refractivity contribution in [1.29, 1.82) is 0 Å². The van der Waals surface area contributed by atoms with E-state index in [1.807, 2.05) is 22.6 Å². The minimum Gasteiger partial charge on any atom is -0.357 e. The third-order valence-electron chi connectivity index (χ3n) is 2.76. The van der Waals surface area contributed by atoms with Crippen molar-refractivity contribution in [2.24, 2.45) is 0 Å². The Bertz CT molecular complexity index is 556. The van der Waals surface area contributed by atoms with E-state index in [0.717, 1.165) is 4.90 Å². The topological polar surface area (TPSA) is 95.2 Å². The summed E-state index contributed by atoms with van der Waals surface area (Å²) in [5.74, 6) is -0.129. The lowest BCUT2D eigenvalue weighted by Crippen LogP contribution is -2.48. The average Bonchev–Trinajstić information content (AvgIpc) is 2.35. The molecule has 1 unspecified atom stereocenters. The predicted molar refractivity (Wildman–Crippen MR) is 72.0 cm³/mol. The molecule has 0 saturated carbocycles. The van der Waals surface area contributed by atoms with Crippen LogP contribution in [0.5, 0.6) is 0 Å². The van der Waals surface area contributed by atoms with Crippen LogP contribution in [0.15, 0.2) is 11.1 Å². The lowest BCUT2D eigenvalue weighted by molar-refractivity contribution is -0.146. The number of likely N-dealkylation sites (tertiary alicyclic amines) is 1. The third-order valence-corrected chi connectivity index (χ3v) is 3.76. The number of H-pyrrole nitrogens is 1. The monoisotopic (exact) mass is 362 g/mol. The quantitative estimate of drug-likeness (QED) is 0.568. The molecule has 1 fully saturated rings. The molecule has 1 aliphatic heterocycles. The van der Waals surface area contributed by atoms with Crippen molar-refractivity contribution in [3.05, 3.63) is 20.3 Å². The number of likely N-dealkylation sites (N-methyl/N-ethyl adjacent to an activating group) is 1. The maximum Gasteiger partial charge on any atom is 0.266 e. The number of hydrogen-bond donors (Lipinski definition) is 2. The zero-order chi connectivity index (χ0) is 13.3. The Hall–Kier alpha value is -1.45. The second-order valence-corrected chi connectivity index (χ2v) is 5.00. The van der Waals surface area contributed by atoms with Crippen LogP contribution in [0.1, 0.15) is 12.8 Å². The van der Waals surface area contributed by atoms with Gasteiger partial charge in [0.05, 0.1) is 6.33 Å². The minimum atomic E-state index is -0.518. The molecule has 1 saturated heterocycles. The van der Waals surface area contributed by atoms with E-state index in [2.05, 4.69) is 15.3 Å². The Balaban J connectivity index is 2.19. The fourth-order valence-electron chi connectivity index (χ4n) is 1.70. The summed E-state index contributed by atoms with van der Waals surface area (Å²) in [6.07, 6.45) is 1.99. The van der Waals surface area contributed by atoms with Gasteiger partial charge in [-0.3, -0.25) is 19.3 Å². The molecular formula is C10H11IN4O3. The van der Waals surface area contributed by atoms with Crippen molar-refractivity contribution in [1.82, 2.24) is 14.9 Å². The highest BCUT2D eigenvalue weighted by Gasteiger charge is 2.32. The molecule has 0 aliphatic carbocycles. The fraction of sp³-hybridized carbons (Fsp3) is 0.400. The van der Waals surface area contributed by atoms with Crippen molar-refractivity contribution in [3.63, 3.8) is 0 Å². The highest BCUT2D eigenvalue weighted by atomic mass is 127. The van der Waals surface area contributed by atoms with E-state index in [1.165, 1.54) is 13.4 Å². The maximum absolute atomic E-state index is 11.9. The molecule has 18 heavy (non-hydrogen) atoms. The average molecular weight is 362 g/mol. The molecule has 0 spiro atoms. The van der Waals surface area contributed by atoms with Gasteiger partial charge in [0.15, 0.2) is 0 Å². The lowest BCUT2D eigenvalue weighted by Gasteiger charge is -2.28. The normalized spacial score (nSPS) is 20.1. The summed E-state index contributed by atoms with van der Waals surface area (Å²) in [4.78, 5) is 42.1. The van der Waals surface area contributed by atoms with Gasteiger partial charge in [-0.2, -0.15) is 0 Å². The first-order valence-electron chi connectivity index (χ1n) is 5.31. The van der Waals surface area contributed by atoms with Crippen LogP contribution in [0.4, 0.5) is 5.82 Å². The van der Waals surface area contributed by atoms with E-state index in [9.17, 15) is 14.4 Å². The SMILES string of the molecule is CN1C(=O)CCC(Nc2nc[nH]c(=O)c2I)C1=O. The summed E-state index contributed by atoms with van der Waals surface area (Å²) in [7, 11) is 1.45. The van der Waals surface area contributed by atoms with Crippen LogP contribution in [0.3, 0.4) is 0 Å². The molecule has 1 aliphatic rings. The Morgan fingerprint density at radius 1 is 1.50 bits per heavy atom. The summed E-state index contributed by atoms with van der Waals surface area (Å²) in [6, 6.07) is -0.518. The Kier molecular flexibility index (Phi) is 3.64. The van der Waals surface area contributed by atoms with Gasteiger partial charge in [0.25, 0.3) is 11.5 Å². The summed E-state index contributed by atoms with van der Waals surface area (Å²) in [5, 5.41) is 2.91.